The quantitative estimate of drug-likeness (QED) is 0.694. The van der Waals surface area contributed by atoms with Crippen LogP contribution in [-0.2, 0) is 5.92 Å². The van der Waals surface area contributed by atoms with E-state index in [0.29, 0.717) is 6.42 Å². The summed E-state index contributed by atoms with van der Waals surface area (Å²) in [6, 6.07) is 4.09. The Labute approximate surface area is 81.8 Å². The zero-order valence-electron chi connectivity index (χ0n) is 8.28. The molecule has 1 aromatic rings. The largest absolute Gasteiger partial charge is 0.276 e. The van der Waals surface area contributed by atoms with Crippen molar-refractivity contribution in [3.8, 4) is 0 Å². The Kier molecular flexibility index (Phi) is 3.19. The predicted molar refractivity (Wildman–Crippen MR) is 49.9 cm³/mol. The molecule has 0 spiro atoms. The zero-order chi connectivity index (χ0) is 10.8. The number of rotatable bonds is 3. The molecule has 1 rings (SSSR count). The highest BCUT2D eigenvalue weighted by atomic mass is 19.3. The fourth-order valence-electron chi connectivity index (χ4n) is 1.38. The van der Waals surface area contributed by atoms with E-state index >= 15 is 0 Å². The third-order valence-corrected chi connectivity index (χ3v) is 2.15. The molecule has 14 heavy (non-hydrogen) atoms. The van der Waals surface area contributed by atoms with E-state index in [1.54, 1.807) is 6.92 Å². The molecule has 0 fully saturated rings. The first-order valence-corrected chi connectivity index (χ1v) is 4.62. The van der Waals surface area contributed by atoms with E-state index in [9.17, 15) is 13.2 Å². The van der Waals surface area contributed by atoms with Gasteiger partial charge in [0, 0.05) is 6.42 Å². The molecule has 0 bridgehead atoms. The molecule has 0 unspecified atom stereocenters. The van der Waals surface area contributed by atoms with Crippen LogP contribution in [-0.4, -0.2) is 0 Å². The van der Waals surface area contributed by atoms with Crippen LogP contribution in [0, 0.1) is 12.7 Å². The molecule has 0 aromatic heterocycles. The molecule has 0 heterocycles. The molecule has 3 heteroatoms. The standard InChI is InChI=1S/C11H13F3/c1-3-7-11(13,14)9-6-4-5-8(2)10(9)12/h4-6H,3,7H2,1-2H3. The summed E-state index contributed by atoms with van der Waals surface area (Å²) in [6.07, 6.45) is 0.0216. The second-order valence-electron chi connectivity index (χ2n) is 3.39. The van der Waals surface area contributed by atoms with Crippen molar-refractivity contribution in [2.45, 2.75) is 32.6 Å². The van der Waals surface area contributed by atoms with Gasteiger partial charge < -0.3 is 0 Å². The molecule has 0 radical (unpaired) electrons. The molecule has 0 aliphatic rings. The van der Waals surface area contributed by atoms with E-state index in [2.05, 4.69) is 0 Å². The van der Waals surface area contributed by atoms with Gasteiger partial charge in [0.1, 0.15) is 5.82 Å². The van der Waals surface area contributed by atoms with Gasteiger partial charge in [-0.25, -0.2) is 13.2 Å². The second kappa shape index (κ2) is 4.03. The van der Waals surface area contributed by atoms with E-state index in [0.717, 1.165) is 6.07 Å². The van der Waals surface area contributed by atoms with Crippen LogP contribution in [0.1, 0.15) is 30.9 Å². The monoisotopic (exact) mass is 202 g/mol. The predicted octanol–water partition coefficient (Wildman–Crippen LogP) is 4.03. The summed E-state index contributed by atoms with van der Waals surface area (Å²) in [4.78, 5) is 0. The van der Waals surface area contributed by atoms with Gasteiger partial charge in [-0.05, 0) is 12.5 Å². The fraction of sp³-hybridized carbons (Fsp3) is 0.455. The highest BCUT2D eigenvalue weighted by molar-refractivity contribution is 5.28. The first-order valence-electron chi connectivity index (χ1n) is 4.62. The van der Waals surface area contributed by atoms with Crippen LogP contribution in [0.5, 0.6) is 0 Å². The molecular weight excluding hydrogens is 189 g/mol. The minimum Gasteiger partial charge on any atom is -0.206 e. The van der Waals surface area contributed by atoms with Crippen molar-refractivity contribution in [1.29, 1.82) is 0 Å². The van der Waals surface area contributed by atoms with Crippen LogP contribution >= 0.6 is 0 Å². The van der Waals surface area contributed by atoms with Crippen LogP contribution in [0.3, 0.4) is 0 Å². The summed E-state index contributed by atoms with van der Waals surface area (Å²) in [7, 11) is 0. The lowest BCUT2D eigenvalue weighted by atomic mass is 10.0. The van der Waals surface area contributed by atoms with Gasteiger partial charge in [0.05, 0.1) is 5.56 Å². The summed E-state index contributed by atoms with van der Waals surface area (Å²) >= 11 is 0. The van der Waals surface area contributed by atoms with Gasteiger partial charge in [-0.2, -0.15) is 0 Å². The number of halogens is 3. The van der Waals surface area contributed by atoms with Crippen LogP contribution < -0.4 is 0 Å². The van der Waals surface area contributed by atoms with Crippen LogP contribution in [0.2, 0.25) is 0 Å². The van der Waals surface area contributed by atoms with Crippen LogP contribution in [0.25, 0.3) is 0 Å². The van der Waals surface area contributed by atoms with Gasteiger partial charge in [-0.15, -0.1) is 0 Å². The Hall–Kier alpha value is -0.990. The van der Waals surface area contributed by atoms with Crippen molar-refractivity contribution in [2.75, 3.05) is 0 Å². The first-order chi connectivity index (χ1) is 6.49. The molecule has 0 amide bonds. The SMILES string of the molecule is CCCC(F)(F)c1cccc(C)c1F. The molecule has 0 atom stereocenters. The molecule has 1 aromatic carbocycles. The molecule has 78 valence electrons. The number of hydrogen-bond acceptors (Lipinski definition) is 0. The molecule has 0 aliphatic carbocycles. The first kappa shape index (κ1) is 11.1. The van der Waals surface area contributed by atoms with Gasteiger partial charge in [0.2, 0.25) is 0 Å². The maximum absolute atomic E-state index is 13.4. The lowest BCUT2D eigenvalue weighted by Crippen LogP contribution is -2.15. The van der Waals surface area contributed by atoms with Crippen LogP contribution in [0.15, 0.2) is 18.2 Å². The number of alkyl halides is 2. The topological polar surface area (TPSA) is 0 Å². The van der Waals surface area contributed by atoms with E-state index in [4.69, 9.17) is 0 Å². The average Bonchev–Trinajstić information content (AvgIpc) is 2.09. The molecule has 0 aliphatic heterocycles. The van der Waals surface area contributed by atoms with E-state index in [1.165, 1.54) is 19.1 Å². The number of benzene rings is 1. The molecule has 0 saturated carbocycles. The Balaban J connectivity index is 3.12. The summed E-state index contributed by atoms with van der Waals surface area (Å²) in [5.41, 5.74) is -0.224. The second-order valence-corrected chi connectivity index (χ2v) is 3.39. The lowest BCUT2D eigenvalue weighted by molar-refractivity contribution is -0.0174. The van der Waals surface area contributed by atoms with Crippen molar-refractivity contribution < 1.29 is 13.2 Å². The maximum Gasteiger partial charge on any atom is 0.276 e. The van der Waals surface area contributed by atoms with Gasteiger partial charge >= 0.3 is 0 Å². The Morgan fingerprint density at radius 1 is 1.29 bits per heavy atom. The number of hydrogen-bond donors (Lipinski definition) is 0. The van der Waals surface area contributed by atoms with Crippen molar-refractivity contribution >= 4 is 0 Å². The highest BCUT2D eigenvalue weighted by Gasteiger charge is 2.33. The fourth-order valence-corrected chi connectivity index (χ4v) is 1.38. The van der Waals surface area contributed by atoms with E-state index in [1.807, 2.05) is 0 Å². The summed E-state index contributed by atoms with van der Waals surface area (Å²) in [6.45, 7) is 3.14. The summed E-state index contributed by atoms with van der Waals surface area (Å²) in [5, 5.41) is 0. The van der Waals surface area contributed by atoms with Gasteiger partial charge in [-0.1, -0.05) is 31.5 Å². The van der Waals surface area contributed by atoms with Gasteiger partial charge in [0.15, 0.2) is 0 Å². The lowest BCUT2D eigenvalue weighted by Gasteiger charge is -2.17. The summed E-state index contributed by atoms with van der Waals surface area (Å²) < 4.78 is 40.1. The van der Waals surface area contributed by atoms with E-state index in [-0.39, 0.29) is 12.0 Å². The summed E-state index contributed by atoms with van der Waals surface area (Å²) in [5.74, 6) is -3.84. The highest BCUT2D eigenvalue weighted by Crippen LogP contribution is 2.35. The Bertz CT molecular complexity index is 318. The van der Waals surface area contributed by atoms with Crippen molar-refractivity contribution in [3.05, 3.63) is 35.1 Å². The van der Waals surface area contributed by atoms with Crippen LogP contribution in [0.4, 0.5) is 13.2 Å². The smallest absolute Gasteiger partial charge is 0.206 e. The minimum atomic E-state index is -3.05. The van der Waals surface area contributed by atoms with E-state index < -0.39 is 17.3 Å². The molecule has 0 nitrogen and oxygen atoms in total. The van der Waals surface area contributed by atoms with Crippen molar-refractivity contribution in [1.82, 2.24) is 0 Å². The average molecular weight is 202 g/mol. The Morgan fingerprint density at radius 2 is 1.93 bits per heavy atom. The normalized spacial score (nSPS) is 11.8. The number of aryl methyl sites for hydroxylation is 1. The maximum atomic E-state index is 13.4. The Morgan fingerprint density at radius 3 is 2.50 bits per heavy atom. The molecule has 0 saturated heterocycles. The minimum absolute atomic E-state index is 0.262. The van der Waals surface area contributed by atoms with Crippen molar-refractivity contribution in [3.63, 3.8) is 0 Å². The van der Waals surface area contributed by atoms with Gasteiger partial charge in [0.25, 0.3) is 5.92 Å². The third kappa shape index (κ3) is 2.08. The molecular formula is C11H13F3. The zero-order valence-corrected chi connectivity index (χ0v) is 8.28. The molecule has 0 N–H and O–H groups in total. The van der Waals surface area contributed by atoms with Crippen molar-refractivity contribution in [2.24, 2.45) is 0 Å². The third-order valence-electron chi connectivity index (χ3n) is 2.15. The van der Waals surface area contributed by atoms with Gasteiger partial charge in [-0.3, -0.25) is 0 Å².